The number of piperidine rings is 1. The number of nitrogens with zero attached hydrogens (tertiary/aromatic N) is 2. The quantitative estimate of drug-likeness (QED) is 0.428. The van der Waals surface area contributed by atoms with Crippen molar-refractivity contribution in [2.45, 2.75) is 12.8 Å². The van der Waals surface area contributed by atoms with Gasteiger partial charge in [-0.2, -0.15) is 0 Å². The molecule has 1 saturated heterocycles. The summed E-state index contributed by atoms with van der Waals surface area (Å²) in [7, 11) is 9.25. The highest BCUT2D eigenvalue weighted by Crippen LogP contribution is 2.26. The third-order valence-electron chi connectivity index (χ3n) is 4.66. The first kappa shape index (κ1) is 24.2. The van der Waals surface area contributed by atoms with Crippen molar-refractivity contribution in [3.05, 3.63) is 28.8 Å². The number of benzene rings is 1. The molecule has 1 aliphatic heterocycles. The van der Waals surface area contributed by atoms with E-state index in [1.54, 1.807) is 33.9 Å². The molecule has 1 atom stereocenters. The third kappa shape index (κ3) is 7.92. The second-order valence-corrected chi connectivity index (χ2v) is 10.3. The molecule has 1 aromatic carbocycles. The van der Waals surface area contributed by atoms with Crippen molar-refractivity contribution in [1.29, 1.82) is 0 Å². The Kier molecular flexibility index (Phi) is 10.5. The lowest BCUT2D eigenvalue weighted by Crippen LogP contribution is -2.45. The molecule has 9 heteroatoms. The molecule has 1 fully saturated rings. The zero-order valence-corrected chi connectivity index (χ0v) is 19.7. The van der Waals surface area contributed by atoms with Crippen molar-refractivity contribution in [3.63, 3.8) is 0 Å². The summed E-state index contributed by atoms with van der Waals surface area (Å²) in [5, 5.41) is 3.50. The van der Waals surface area contributed by atoms with E-state index in [1.165, 1.54) is 7.11 Å². The number of ether oxygens (including phenoxy) is 1. The Hall–Kier alpha value is -1.09. The summed E-state index contributed by atoms with van der Waals surface area (Å²) in [5.41, 5.74) is 0.437. The van der Waals surface area contributed by atoms with Crippen LogP contribution in [0.3, 0.4) is 0 Å². The van der Waals surface area contributed by atoms with Crippen molar-refractivity contribution >= 4 is 45.0 Å². The zero-order valence-electron chi connectivity index (χ0n) is 17.3. The Morgan fingerprint density at radius 3 is 2.79 bits per heavy atom. The zero-order chi connectivity index (χ0) is 21.2. The summed E-state index contributed by atoms with van der Waals surface area (Å²) in [4.78, 5) is 29.4. The predicted octanol–water partition coefficient (Wildman–Crippen LogP) is 3.26. The summed E-state index contributed by atoms with van der Waals surface area (Å²) in [5.74, 6) is 2.14. The molecule has 0 aliphatic carbocycles. The van der Waals surface area contributed by atoms with E-state index in [0.717, 1.165) is 30.9 Å². The van der Waals surface area contributed by atoms with E-state index in [-0.39, 0.29) is 17.7 Å². The highest BCUT2D eigenvalue weighted by molar-refractivity contribution is 8.76. The van der Waals surface area contributed by atoms with Crippen molar-refractivity contribution < 1.29 is 14.3 Å². The molecule has 0 bridgehead atoms. The van der Waals surface area contributed by atoms with Gasteiger partial charge in [-0.15, -0.1) is 0 Å². The van der Waals surface area contributed by atoms with Crippen LogP contribution in [0.2, 0.25) is 5.02 Å². The molecule has 29 heavy (non-hydrogen) atoms. The number of carbonyl (C=O) groups is 2. The lowest BCUT2D eigenvalue weighted by atomic mass is 9.96. The number of hydrogen-bond acceptors (Lipinski definition) is 6. The molecule has 2 rings (SSSR count). The highest BCUT2D eigenvalue weighted by atomic mass is 35.5. The molecule has 162 valence electrons. The number of carbonyl (C=O) groups excluding carboxylic acids is 2. The Morgan fingerprint density at radius 2 is 2.07 bits per heavy atom. The van der Waals surface area contributed by atoms with Crippen LogP contribution in [0.25, 0.3) is 0 Å². The maximum Gasteiger partial charge on any atom is 0.257 e. The third-order valence-corrected chi connectivity index (χ3v) is 7.28. The monoisotopic (exact) mass is 459 g/mol. The summed E-state index contributed by atoms with van der Waals surface area (Å²) in [6, 6.07) is 5.01. The summed E-state index contributed by atoms with van der Waals surface area (Å²) in [6.07, 6.45) is 1.61. The fourth-order valence-corrected chi connectivity index (χ4v) is 5.30. The second-order valence-electron chi connectivity index (χ2n) is 7.17. The average Bonchev–Trinajstić information content (AvgIpc) is 2.72. The number of likely N-dealkylation sites (tertiary alicyclic amines) is 1. The van der Waals surface area contributed by atoms with Gasteiger partial charge in [0.2, 0.25) is 5.91 Å². The Bertz CT molecular complexity index is 691. The van der Waals surface area contributed by atoms with Gasteiger partial charge in [-0.05, 0) is 45.1 Å². The van der Waals surface area contributed by atoms with Crippen LogP contribution < -0.4 is 10.1 Å². The molecule has 0 aromatic heterocycles. The molecule has 6 nitrogen and oxygen atoms in total. The first-order chi connectivity index (χ1) is 13.9. The number of halogens is 1. The molecule has 0 unspecified atom stereocenters. The molecular weight excluding hydrogens is 430 g/mol. The van der Waals surface area contributed by atoms with Crippen molar-refractivity contribution in [2.75, 3.05) is 58.9 Å². The molecule has 0 saturated carbocycles. The molecule has 0 spiro atoms. The van der Waals surface area contributed by atoms with Crippen LogP contribution in [0, 0.1) is 5.92 Å². The minimum Gasteiger partial charge on any atom is -0.496 e. The van der Waals surface area contributed by atoms with Gasteiger partial charge in [0.1, 0.15) is 5.75 Å². The van der Waals surface area contributed by atoms with E-state index in [0.29, 0.717) is 36.0 Å². The largest absolute Gasteiger partial charge is 0.496 e. The molecule has 1 aromatic rings. The maximum atomic E-state index is 13.0. The van der Waals surface area contributed by atoms with Gasteiger partial charge in [0.25, 0.3) is 5.91 Å². The van der Waals surface area contributed by atoms with Crippen molar-refractivity contribution in [3.8, 4) is 5.75 Å². The van der Waals surface area contributed by atoms with Gasteiger partial charge in [0, 0.05) is 42.7 Å². The number of amides is 2. The number of rotatable bonds is 10. The van der Waals surface area contributed by atoms with E-state index in [2.05, 4.69) is 24.3 Å². The first-order valence-corrected chi connectivity index (χ1v) is 12.6. The van der Waals surface area contributed by atoms with Crippen LogP contribution in [0.1, 0.15) is 23.2 Å². The topological polar surface area (TPSA) is 61.9 Å². The smallest absolute Gasteiger partial charge is 0.257 e. The molecule has 1 aliphatic rings. The van der Waals surface area contributed by atoms with Crippen LogP contribution in [0.15, 0.2) is 18.2 Å². The van der Waals surface area contributed by atoms with Crippen molar-refractivity contribution in [2.24, 2.45) is 5.92 Å². The molecule has 1 heterocycles. The minimum atomic E-state index is -0.177. The van der Waals surface area contributed by atoms with Gasteiger partial charge in [0.05, 0.1) is 18.6 Å². The van der Waals surface area contributed by atoms with Crippen LogP contribution in [0.5, 0.6) is 5.75 Å². The van der Waals surface area contributed by atoms with Crippen LogP contribution in [-0.2, 0) is 4.79 Å². The SMILES string of the molecule is COc1ccc(Cl)cc1C(=O)N1CCC[C@H](C(=O)NCCSSCCN(C)C)C1. The lowest BCUT2D eigenvalue weighted by Gasteiger charge is -2.32. The van der Waals surface area contributed by atoms with Gasteiger partial charge in [-0.25, -0.2) is 0 Å². The van der Waals surface area contributed by atoms with Crippen LogP contribution in [0.4, 0.5) is 0 Å². The van der Waals surface area contributed by atoms with Gasteiger partial charge >= 0.3 is 0 Å². The fraction of sp³-hybridized carbons (Fsp3) is 0.600. The Balaban J connectivity index is 1.80. The van der Waals surface area contributed by atoms with Crippen molar-refractivity contribution in [1.82, 2.24) is 15.1 Å². The summed E-state index contributed by atoms with van der Waals surface area (Å²) >= 11 is 6.06. The minimum absolute atomic E-state index is 0.0273. The van der Waals surface area contributed by atoms with E-state index >= 15 is 0 Å². The summed E-state index contributed by atoms with van der Waals surface area (Å²) in [6.45, 7) is 2.75. The van der Waals surface area contributed by atoms with E-state index in [9.17, 15) is 9.59 Å². The number of nitrogens with one attached hydrogen (secondary N) is 1. The van der Waals surface area contributed by atoms with Crippen LogP contribution >= 0.6 is 33.2 Å². The highest BCUT2D eigenvalue weighted by Gasteiger charge is 2.30. The number of hydrogen-bond donors (Lipinski definition) is 1. The van der Waals surface area contributed by atoms with E-state index in [1.807, 2.05) is 10.8 Å². The van der Waals surface area contributed by atoms with Gasteiger partial charge in [0.15, 0.2) is 0 Å². The van der Waals surface area contributed by atoms with E-state index < -0.39 is 0 Å². The lowest BCUT2D eigenvalue weighted by molar-refractivity contribution is -0.126. The van der Waals surface area contributed by atoms with Crippen LogP contribution in [-0.4, -0.2) is 80.5 Å². The second kappa shape index (κ2) is 12.6. The van der Waals surface area contributed by atoms with Gasteiger partial charge in [-0.3, -0.25) is 9.59 Å². The average molecular weight is 460 g/mol. The van der Waals surface area contributed by atoms with Gasteiger partial charge < -0.3 is 19.9 Å². The maximum absolute atomic E-state index is 13.0. The Morgan fingerprint density at radius 1 is 1.31 bits per heavy atom. The predicted molar refractivity (Wildman–Crippen MR) is 123 cm³/mol. The normalized spacial score (nSPS) is 16.7. The molecular formula is C20H30ClN3O3S2. The first-order valence-electron chi connectivity index (χ1n) is 9.72. The standard InChI is InChI=1S/C20H30ClN3O3S2/c1-23(2)10-12-29-28-11-8-22-19(25)15-5-4-9-24(14-15)20(26)17-13-16(21)6-7-18(17)27-3/h6-7,13,15H,4-5,8-12,14H2,1-3H3,(H,22,25)/t15-/m0/s1. The molecule has 0 radical (unpaired) electrons. The van der Waals surface area contributed by atoms with Gasteiger partial charge in [-0.1, -0.05) is 33.2 Å². The van der Waals surface area contributed by atoms with E-state index in [4.69, 9.17) is 16.3 Å². The number of methoxy groups -OCH3 is 1. The Labute approximate surface area is 186 Å². The fourth-order valence-electron chi connectivity index (χ4n) is 3.09. The summed E-state index contributed by atoms with van der Waals surface area (Å²) < 4.78 is 5.30. The molecule has 2 amide bonds. The molecule has 1 N–H and O–H groups in total.